The Balaban J connectivity index is 1.36. The van der Waals surface area contributed by atoms with E-state index < -0.39 is 17.4 Å². The zero-order chi connectivity index (χ0) is 24.0. The number of fused-ring (bicyclic) bond motifs is 2. The predicted octanol–water partition coefficient (Wildman–Crippen LogP) is 0.981. The highest BCUT2D eigenvalue weighted by Gasteiger charge is 2.50. The van der Waals surface area contributed by atoms with E-state index in [1.165, 1.54) is 0 Å². The molecule has 0 spiro atoms. The summed E-state index contributed by atoms with van der Waals surface area (Å²) in [4.78, 5) is 39.7. The number of carbonyl (C=O) groups is 2. The van der Waals surface area contributed by atoms with Crippen molar-refractivity contribution < 1.29 is 14.7 Å². The van der Waals surface area contributed by atoms with Crippen LogP contribution in [0.3, 0.4) is 0 Å². The molecule has 2 unspecified atom stereocenters. The predicted molar refractivity (Wildman–Crippen MR) is 130 cm³/mol. The summed E-state index contributed by atoms with van der Waals surface area (Å²) < 4.78 is 0. The summed E-state index contributed by atoms with van der Waals surface area (Å²) in [5, 5.41) is 12.1. The Bertz CT molecular complexity index is 1130. The lowest BCUT2D eigenvalue weighted by Gasteiger charge is -2.44. The summed E-state index contributed by atoms with van der Waals surface area (Å²) in [6.45, 7) is 9.77. The van der Waals surface area contributed by atoms with E-state index >= 15 is 0 Å². The number of aliphatic carboxylic acids is 1. The maximum Gasteiger partial charge on any atom is 0.320 e. The largest absolute Gasteiger partial charge is 0.481 e. The summed E-state index contributed by atoms with van der Waals surface area (Å²) in [7, 11) is 2.17. The lowest BCUT2D eigenvalue weighted by molar-refractivity contribution is -0.147. The van der Waals surface area contributed by atoms with E-state index in [9.17, 15) is 14.7 Å². The Morgan fingerprint density at radius 2 is 1.74 bits per heavy atom. The number of hydrogen-bond acceptors (Lipinski definition) is 5. The normalized spacial score (nSPS) is 28.6. The molecule has 0 aliphatic carbocycles. The number of benzene rings is 1. The van der Waals surface area contributed by atoms with Gasteiger partial charge < -0.3 is 19.8 Å². The highest BCUT2D eigenvalue weighted by atomic mass is 16.4. The molecule has 4 heterocycles. The van der Waals surface area contributed by atoms with Crippen LogP contribution in [-0.4, -0.2) is 102 Å². The van der Waals surface area contributed by atoms with E-state index in [1.54, 1.807) is 11.8 Å². The molecule has 1 aromatic carbocycles. The number of nitrogens with zero attached hydrogens (tertiary/aromatic N) is 5. The van der Waals surface area contributed by atoms with Crippen molar-refractivity contribution in [3.05, 3.63) is 46.6 Å². The van der Waals surface area contributed by atoms with Gasteiger partial charge in [0.15, 0.2) is 0 Å². The minimum atomic E-state index is -1.26. The zero-order valence-electron chi connectivity index (χ0n) is 20.4. The Morgan fingerprint density at radius 1 is 1.06 bits per heavy atom. The number of allylic oxidation sites excluding steroid dienone is 1. The van der Waals surface area contributed by atoms with Crippen LogP contribution in [0, 0.1) is 5.41 Å². The van der Waals surface area contributed by atoms with Crippen LogP contribution >= 0.6 is 0 Å². The smallest absolute Gasteiger partial charge is 0.320 e. The summed E-state index contributed by atoms with van der Waals surface area (Å²) >= 11 is 0. The Kier molecular flexibility index (Phi) is 5.98. The molecule has 4 aliphatic heterocycles. The molecule has 2 saturated heterocycles. The van der Waals surface area contributed by atoms with Crippen LogP contribution in [0.15, 0.2) is 41.0 Å². The molecule has 0 radical (unpaired) electrons. The minimum Gasteiger partial charge on any atom is -0.481 e. The summed E-state index contributed by atoms with van der Waals surface area (Å²) in [6.07, 6.45) is 3.86. The van der Waals surface area contributed by atoms with Gasteiger partial charge >= 0.3 is 12.0 Å². The number of piperidine rings is 1. The van der Waals surface area contributed by atoms with Gasteiger partial charge in [0.05, 0.1) is 17.1 Å². The molecule has 1 N–H and O–H groups in total. The third kappa shape index (κ3) is 3.73. The number of urea groups is 1. The van der Waals surface area contributed by atoms with Crippen LogP contribution in [0.5, 0.6) is 0 Å². The number of rotatable bonds is 2. The second-order valence-corrected chi connectivity index (χ2v) is 10.3. The molecule has 1 aromatic rings. The molecule has 8 heteroatoms. The maximum atomic E-state index is 13.7. The quantitative estimate of drug-likeness (QED) is 0.705. The lowest BCUT2D eigenvalue weighted by atomic mass is 9.74. The Hall–Kier alpha value is -2.71. The third-order valence-electron chi connectivity index (χ3n) is 8.45. The molecule has 182 valence electrons. The van der Waals surface area contributed by atoms with Crippen LogP contribution in [0.25, 0.3) is 5.57 Å². The molecule has 2 amide bonds. The third-order valence-corrected chi connectivity index (χ3v) is 8.45. The highest BCUT2D eigenvalue weighted by molar-refractivity contribution is 5.94. The number of carboxylic acid groups (broad SMARTS) is 1. The van der Waals surface area contributed by atoms with E-state index in [1.807, 2.05) is 42.2 Å². The average Bonchev–Trinajstić information content (AvgIpc) is 3.17. The first kappa shape index (κ1) is 23.1. The van der Waals surface area contributed by atoms with E-state index in [2.05, 4.69) is 16.8 Å². The van der Waals surface area contributed by atoms with Gasteiger partial charge in [-0.3, -0.25) is 9.69 Å². The second kappa shape index (κ2) is 8.82. The molecule has 5 rings (SSSR count). The molecule has 4 aliphatic rings. The van der Waals surface area contributed by atoms with Gasteiger partial charge in [-0.05, 0) is 45.9 Å². The standard InChI is InChI=1S/C26H35N5O3/c1-18-26(2,24(32)33)23-20-6-4-5-7-21(20)27-22(23)10-13-31(18)25(34)30-11-8-19(9-12-30)29-16-14-28(3)15-17-29/h4-7,10,18-19H,8-9,11-17H2,1-3H3,(H,32,33). The van der Waals surface area contributed by atoms with Crippen molar-refractivity contribution in [2.75, 3.05) is 52.9 Å². The molecule has 2 atom stereocenters. The average molecular weight is 466 g/mol. The van der Waals surface area contributed by atoms with E-state index in [4.69, 9.17) is 4.99 Å². The summed E-state index contributed by atoms with van der Waals surface area (Å²) in [5.74, 6) is -0.929. The van der Waals surface area contributed by atoms with E-state index in [0.29, 0.717) is 36.9 Å². The second-order valence-electron chi connectivity index (χ2n) is 10.3. The fourth-order valence-corrected chi connectivity index (χ4v) is 5.98. The number of amides is 2. The van der Waals surface area contributed by atoms with Crippen LogP contribution in [0.1, 0.15) is 26.7 Å². The minimum absolute atomic E-state index is 0.0671. The fourth-order valence-electron chi connectivity index (χ4n) is 5.98. The SMILES string of the molecule is CC1N(C(=O)N2CCC(N3CCN(C)CC3)CC2)CC=C2N=c3ccccc3=C2C1(C)C(=O)O. The summed E-state index contributed by atoms with van der Waals surface area (Å²) in [6, 6.07) is 7.62. The highest BCUT2D eigenvalue weighted by Crippen LogP contribution is 2.42. The lowest BCUT2D eigenvalue weighted by Crippen LogP contribution is -2.58. The molecule has 34 heavy (non-hydrogen) atoms. The number of para-hydroxylation sites is 1. The molecular formula is C26H35N5O3. The number of likely N-dealkylation sites (tertiary alicyclic amines) is 1. The van der Waals surface area contributed by atoms with Gasteiger partial charge in [0.25, 0.3) is 0 Å². The van der Waals surface area contributed by atoms with Crippen molar-refractivity contribution in [3.8, 4) is 0 Å². The van der Waals surface area contributed by atoms with Crippen molar-refractivity contribution in [2.45, 2.75) is 38.8 Å². The molecule has 0 saturated carbocycles. The molecule has 0 aromatic heterocycles. The van der Waals surface area contributed by atoms with Crippen LogP contribution in [0.2, 0.25) is 0 Å². The van der Waals surface area contributed by atoms with Gasteiger partial charge in [-0.2, -0.15) is 0 Å². The van der Waals surface area contributed by atoms with Crippen molar-refractivity contribution >= 4 is 17.6 Å². The van der Waals surface area contributed by atoms with Gasteiger partial charge in [0.2, 0.25) is 0 Å². The van der Waals surface area contributed by atoms with Crippen LogP contribution < -0.4 is 10.6 Å². The fraction of sp³-hybridized carbons (Fsp3) is 0.577. The Labute approximate surface area is 200 Å². The monoisotopic (exact) mass is 465 g/mol. The molecular weight excluding hydrogens is 430 g/mol. The van der Waals surface area contributed by atoms with Crippen molar-refractivity contribution in [2.24, 2.45) is 10.4 Å². The molecule has 2 fully saturated rings. The topological polar surface area (TPSA) is 79.7 Å². The van der Waals surface area contributed by atoms with Crippen LogP contribution in [0.4, 0.5) is 4.79 Å². The first-order valence-corrected chi connectivity index (χ1v) is 12.4. The van der Waals surface area contributed by atoms with Gasteiger partial charge in [-0.15, -0.1) is 0 Å². The number of piperazine rings is 1. The van der Waals surface area contributed by atoms with Crippen molar-refractivity contribution in [3.63, 3.8) is 0 Å². The first-order chi connectivity index (χ1) is 16.3. The Morgan fingerprint density at radius 3 is 2.41 bits per heavy atom. The van der Waals surface area contributed by atoms with E-state index in [-0.39, 0.29) is 6.03 Å². The number of likely N-dealkylation sites (N-methyl/N-ethyl adjacent to an activating group) is 1. The molecule has 0 bridgehead atoms. The van der Waals surface area contributed by atoms with Gasteiger partial charge in [-0.25, -0.2) is 9.79 Å². The first-order valence-electron chi connectivity index (χ1n) is 12.4. The van der Waals surface area contributed by atoms with Gasteiger partial charge in [0.1, 0.15) is 5.41 Å². The van der Waals surface area contributed by atoms with Crippen molar-refractivity contribution in [1.82, 2.24) is 19.6 Å². The summed E-state index contributed by atoms with van der Waals surface area (Å²) in [5.41, 5.74) is 0.140. The molecule has 8 nitrogen and oxygen atoms in total. The van der Waals surface area contributed by atoms with Gasteiger partial charge in [-0.1, -0.05) is 18.2 Å². The zero-order valence-corrected chi connectivity index (χ0v) is 20.4. The number of carbonyl (C=O) groups excluding carboxylic acids is 1. The maximum absolute atomic E-state index is 13.7. The van der Waals surface area contributed by atoms with E-state index in [0.717, 1.165) is 49.6 Å². The van der Waals surface area contributed by atoms with Gasteiger partial charge in [0, 0.05) is 62.6 Å². The van der Waals surface area contributed by atoms with Crippen LogP contribution in [-0.2, 0) is 4.79 Å². The van der Waals surface area contributed by atoms with Crippen molar-refractivity contribution in [1.29, 1.82) is 0 Å². The number of hydrogen-bond donors (Lipinski definition) is 1. The number of carboxylic acids is 1.